The second-order valence-electron chi connectivity index (χ2n) is 6.45. The average Bonchev–Trinajstić information content (AvgIpc) is 3.20. The Kier molecular flexibility index (Phi) is 6.36. The summed E-state index contributed by atoms with van der Waals surface area (Å²) in [4.78, 5) is 2.53. The second kappa shape index (κ2) is 8.92. The van der Waals surface area contributed by atoms with E-state index in [0.717, 1.165) is 43.4 Å². The van der Waals surface area contributed by atoms with Gasteiger partial charge in [0.05, 0.1) is 26.5 Å². The number of ether oxygens (including phenoxy) is 2. The Bertz CT molecular complexity index is 636. The topological polar surface area (TPSA) is 46.9 Å². The molecule has 1 aromatic heterocycles. The van der Waals surface area contributed by atoms with Crippen molar-refractivity contribution in [3.8, 4) is 11.5 Å². The van der Waals surface area contributed by atoms with Gasteiger partial charge in [-0.2, -0.15) is 0 Å². The summed E-state index contributed by atoms with van der Waals surface area (Å²) in [5, 5.41) is 3.58. The van der Waals surface area contributed by atoms with Gasteiger partial charge in [0.25, 0.3) is 0 Å². The molecule has 1 aliphatic heterocycles. The van der Waals surface area contributed by atoms with Gasteiger partial charge in [-0.3, -0.25) is 4.90 Å². The molecule has 1 fully saturated rings. The lowest BCUT2D eigenvalue weighted by atomic mass is 10.1. The quantitative estimate of drug-likeness (QED) is 0.793. The number of furan rings is 1. The molecule has 0 spiro atoms. The van der Waals surface area contributed by atoms with Crippen LogP contribution in [-0.4, -0.2) is 38.8 Å². The largest absolute Gasteiger partial charge is 0.493 e. The second-order valence-corrected chi connectivity index (χ2v) is 6.45. The number of piperidine rings is 1. The van der Waals surface area contributed by atoms with Crippen LogP contribution in [0.5, 0.6) is 11.5 Å². The summed E-state index contributed by atoms with van der Waals surface area (Å²) in [6.07, 6.45) is 5.64. The van der Waals surface area contributed by atoms with E-state index in [1.54, 1.807) is 20.5 Å². The van der Waals surface area contributed by atoms with Crippen molar-refractivity contribution in [3.63, 3.8) is 0 Å². The van der Waals surface area contributed by atoms with Gasteiger partial charge in [0.2, 0.25) is 0 Å². The zero-order valence-electron chi connectivity index (χ0n) is 15.2. The third-order valence-electron chi connectivity index (χ3n) is 4.82. The highest BCUT2D eigenvalue weighted by molar-refractivity contribution is 5.42. The molecule has 5 nitrogen and oxygen atoms in total. The van der Waals surface area contributed by atoms with Gasteiger partial charge in [-0.1, -0.05) is 12.5 Å². The lowest BCUT2D eigenvalue weighted by molar-refractivity contribution is 0.142. The molecule has 0 amide bonds. The smallest absolute Gasteiger partial charge is 0.161 e. The SMILES string of the molecule is COc1ccc(CNCC(c2ccco2)N2CCCCC2)cc1OC. The molecule has 1 unspecified atom stereocenters. The molecule has 2 aromatic rings. The predicted molar refractivity (Wildman–Crippen MR) is 98.1 cm³/mol. The van der Waals surface area contributed by atoms with Crippen LogP contribution < -0.4 is 14.8 Å². The maximum Gasteiger partial charge on any atom is 0.161 e. The van der Waals surface area contributed by atoms with E-state index < -0.39 is 0 Å². The minimum absolute atomic E-state index is 0.287. The minimum atomic E-state index is 0.287. The summed E-state index contributed by atoms with van der Waals surface area (Å²) in [5.74, 6) is 2.56. The van der Waals surface area contributed by atoms with E-state index in [0.29, 0.717) is 0 Å². The van der Waals surface area contributed by atoms with Gasteiger partial charge in [0.1, 0.15) is 5.76 Å². The molecule has 0 aliphatic carbocycles. The van der Waals surface area contributed by atoms with Crippen LogP contribution in [0.3, 0.4) is 0 Å². The third-order valence-corrected chi connectivity index (χ3v) is 4.82. The Hall–Kier alpha value is -1.98. The van der Waals surface area contributed by atoms with E-state index in [1.807, 2.05) is 18.2 Å². The monoisotopic (exact) mass is 344 g/mol. The molecule has 0 saturated carbocycles. The molecule has 25 heavy (non-hydrogen) atoms. The molecule has 0 radical (unpaired) electrons. The fourth-order valence-electron chi connectivity index (χ4n) is 3.46. The summed E-state index contributed by atoms with van der Waals surface area (Å²) in [7, 11) is 3.32. The van der Waals surface area contributed by atoms with Crippen molar-refractivity contribution in [2.24, 2.45) is 0 Å². The standard InChI is InChI=1S/C20H28N2O3/c1-23-19-9-8-16(13-20(19)24-2)14-21-15-17(18-7-6-12-25-18)22-10-4-3-5-11-22/h6-9,12-13,17,21H,3-5,10-11,14-15H2,1-2H3. The maximum absolute atomic E-state index is 5.70. The van der Waals surface area contributed by atoms with E-state index in [9.17, 15) is 0 Å². The first-order valence-electron chi connectivity index (χ1n) is 9.01. The van der Waals surface area contributed by atoms with Crippen LogP contribution in [0, 0.1) is 0 Å². The summed E-state index contributed by atoms with van der Waals surface area (Å²) in [6, 6.07) is 10.4. The predicted octanol–water partition coefficient (Wildman–Crippen LogP) is 3.61. The number of likely N-dealkylation sites (tertiary alicyclic amines) is 1. The molecule has 0 bridgehead atoms. The molecule has 2 heterocycles. The van der Waals surface area contributed by atoms with Gasteiger partial charge in [0.15, 0.2) is 11.5 Å². The van der Waals surface area contributed by atoms with Crippen molar-refractivity contribution in [1.82, 2.24) is 10.2 Å². The van der Waals surface area contributed by atoms with Crippen molar-refractivity contribution in [3.05, 3.63) is 47.9 Å². The van der Waals surface area contributed by atoms with Gasteiger partial charge >= 0.3 is 0 Å². The van der Waals surface area contributed by atoms with Crippen LogP contribution in [-0.2, 0) is 6.54 Å². The van der Waals surface area contributed by atoms with Crippen molar-refractivity contribution in [2.45, 2.75) is 31.8 Å². The number of benzene rings is 1. The van der Waals surface area contributed by atoms with E-state index in [1.165, 1.54) is 24.8 Å². The number of methoxy groups -OCH3 is 2. The van der Waals surface area contributed by atoms with Crippen LogP contribution in [0.2, 0.25) is 0 Å². The number of nitrogens with one attached hydrogen (secondary N) is 1. The highest BCUT2D eigenvalue weighted by Gasteiger charge is 2.24. The first-order chi connectivity index (χ1) is 12.3. The molecular formula is C20H28N2O3. The molecule has 1 saturated heterocycles. The van der Waals surface area contributed by atoms with Gasteiger partial charge in [-0.25, -0.2) is 0 Å². The number of nitrogens with zero attached hydrogens (tertiary/aromatic N) is 1. The maximum atomic E-state index is 5.70. The number of hydrogen-bond donors (Lipinski definition) is 1. The summed E-state index contributed by atoms with van der Waals surface area (Å²) in [6.45, 7) is 3.93. The van der Waals surface area contributed by atoms with E-state index in [2.05, 4.69) is 22.3 Å². The fourth-order valence-corrected chi connectivity index (χ4v) is 3.46. The fraction of sp³-hybridized carbons (Fsp3) is 0.500. The first kappa shape index (κ1) is 17.8. The molecule has 1 aliphatic rings. The van der Waals surface area contributed by atoms with Crippen LogP contribution >= 0.6 is 0 Å². The average molecular weight is 344 g/mol. The third kappa shape index (κ3) is 4.55. The van der Waals surface area contributed by atoms with Crippen molar-refractivity contribution >= 4 is 0 Å². The Morgan fingerprint density at radius 3 is 2.56 bits per heavy atom. The Labute approximate surface area is 149 Å². The Morgan fingerprint density at radius 2 is 1.88 bits per heavy atom. The van der Waals surface area contributed by atoms with Crippen molar-refractivity contribution in [1.29, 1.82) is 0 Å². The summed E-state index contributed by atoms with van der Waals surface area (Å²) < 4.78 is 16.4. The molecule has 1 N–H and O–H groups in total. The molecule has 136 valence electrons. The summed E-state index contributed by atoms with van der Waals surface area (Å²) >= 11 is 0. The van der Waals surface area contributed by atoms with Crippen molar-refractivity contribution < 1.29 is 13.9 Å². The van der Waals surface area contributed by atoms with Crippen molar-refractivity contribution in [2.75, 3.05) is 33.9 Å². The molecule has 3 rings (SSSR count). The number of hydrogen-bond acceptors (Lipinski definition) is 5. The van der Waals surface area contributed by atoms with Gasteiger partial charge in [-0.15, -0.1) is 0 Å². The van der Waals surface area contributed by atoms with Crippen LogP contribution in [0.1, 0.15) is 36.6 Å². The minimum Gasteiger partial charge on any atom is -0.493 e. The van der Waals surface area contributed by atoms with Gasteiger partial charge in [0, 0.05) is 13.1 Å². The lowest BCUT2D eigenvalue weighted by Crippen LogP contribution is -2.38. The zero-order chi connectivity index (χ0) is 17.5. The Balaban J connectivity index is 1.61. The Morgan fingerprint density at radius 1 is 1.08 bits per heavy atom. The van der Waals surface area contributed by atoms with Crippen LogP contribution in [0.4, 0.5) is 0 Å². The summed E-state index contributed by atoms with van der Waals surface area (Å²) in [5.41, 5.74) is 1.18. The van der Waals surface area contributed by atoms with E-state index >= 15 is 0 Å². The van der Waals surface area contributed by atoms with Gasteiger partial charge in [-0.05, 0) is 55.8 Å². The first-order valence-corrected chi connectivity index (χ1v) is 9.01. The van der Waals surface area contributed by atoms with E-state index in [4.69, 9.17) is 13.9 Å². The molecule has 5 heteroatoms. The molecule has 1 aromatic carbocycles. The highest BCUT2D eigenvalue weighted by Crippen LogP contribution is 2.28. The van der Waals surface area contributed by atoms with Crippen LogP contribution in [0.25, 0.3) is 0 Å². The number of rotatable bonds is 8. The normalized spacial score (nSPS) is 16.6. The molecular weight excluding hydrogens is 316 g/mol. The van der Waals surface area contributed by atoms with Gasteiger partial charge < -0.3 is 19.2 Å². The molecule has 1 atom stereocenters. The van der Waals surface area contributed by atoms with Crippen LogP contribution in [0.15, 0.2) is 41.0 Å². The zero-order valence-corrected chi connectivity index (χ0v) is 15.2. The highest BCUT2D eigenvalue weighted by atomic mass is 16.5. The van der Waals surface area contributed by atoms with E-state index in [-0.39, 0.29) is 6.04 Å². The lowest BCUT2D eigenvalue weighted by Gasteiger charge is -2.33.